The quantitative estimate of drug-likeness (QED) is 0.531. The molecule has 20 heavy (non-hydrogen) atoms. The Balaban J connectivity index is 2.25. The van der Waals surface area contributed by atoms with Crippen LogP contribution in [0, 0.1) is 0 Å². The average molecular weight is 279 g/mol. The van der Waals surface area contributed by atoms with Crippen LogP contribution in [0.25, 0.3) is 0 Å². The van der Waals surface area contributed by atoms with Crippen LogP contribution in [-0.4, -0.2) is 43.6 Å². The van der Waals surface area contributed by atoms with Gasteiger partial charge in [-0.15, -0.1) is 0 Å². The molecule has 0 fully saturated rings. The number of nitrogens with one attached hydrogen (secondary N) is 1. The van der Waals surface area contributed by atoms with E-state index in [1.807, 2.05) is 31.2 Å². The highest BCUT2D eigenvalue weighted by atomic mass is 16.5. The number of para-hydroxylation sites is 2. The van der Waals surface area contributed by atoms with Gasteiger partial charge in [-0.05, 0) is 32.0 Å². The van der Waals surface area contributed by atoms with Crippen LogP contribution in [0.15, 0.2) is 24.3 Å². The molecule has 0 heterocycles. The first-order valence-electron chi connectivity index (χ1n) is 7.13. The number of anilines is 1. The second-order valence-corrected chi connectivity index (χ2v) is 4.56. The lowest BCUT2D eigenvalue weighted by Gasteiger charge is -2.19. The summed E-state index contributed by atoms with van der Waals surface area (Å²) < 4.78 is 5.63. The topological polar surface area (TPSA) is 67.6 Å². The highest BCUT2D eigenvalue weighted by molar-refractivity contribution is 5.77. The van der Waals surface area contributed by atoms with E-state index in [4.69, 9.17) is 10.5 Å². The minimum absolute atomic E-state index is 0.0718. The van der Waals surface area contributed by atoms with Gasteiger partial charge < -0.3 is 15.8 Å². The summed E-state index contributed by atoms with van der Waals surface area (Å²) in [7, 11) is 0. The molecule has 0 saturated heterocycles. The predicted molar refractivity (Wildman–Crippen MR) is 81.8 cm³/mol. The minimum atomic E-state index is 0.0718. The highest BCUT2D eigenvalue weighted by Gasteiger charge is 2.08. The molecule has 5 nitrogen and oxygen atoms in total. The maximum Gasteiger partial charge on any atom is 0.234 e. The van der Waals surface area contributed by atoms with E-state index in [2.05, 4.69) is 17.1 Å². The SMILES string of the molecule is CCNC(=O)CN(CC)CCCOc1ccccc1N. The summed E-state index contributed by atoms with van der Waals surface area (Å²) in [6.45, 7) is 7.37. The summed E-state index contributed by atoms with van der Waals surface area (Å²) in [5.41, 5.74) is 6.45. The number of carbonyl (C=O) groups is 1. The molecule has 0 aliphatic carbocycles. The maximum atomic E-state index is 11.5. The molecule has 3 N–H and O–H groups in total. The van der Waals surface area contributed by atoms with Crippen molar-refractivity contribution in [1.29, 1.82) is 0 Å². The van der Waals surface area contributed by atoms with E-state index in [1.165, 1.54) is 0 Å². The Morgan fingerprint density at radius 3 is 2.75 bits per heavy atom. The van der Waals surface area contributed by atoms with Gasteiger partial charge in [-0.3, -0.25) is 9.69 Å². The molecule has 1 aromatic rings. The average Bonchev–Trinajstić information content (AvgIpc) is 2.44. The smallest absolute Gasteiger partial charge is 0.234 e. The normalized spacial score (nSPS) is 10.6. The Kier molecular flexibility index (Phi) is 7.50. The van der Waals surface area contributed by atoms with Crippen LogP contribution in [0.2, 0.25) is 0 Å². The molecule has 1 aromatic carbocycles. The molecule has 0 saturated carbocycles. The van der Waals surface area contributed by atoms with Gasteiger partial charge in [-0.25, -0.2) is 0 Å². The molecule has 0 aliphatic rings. The monoisotopic (exact) mass is 279 g/mol. The van der Waals surface area contributed by atoms with Crippen molar-refractivity contribution in [3.63, 3.8) is 0 Å². The first-order chi connectivity index (χ1) is 9.67. The summed E-state index contributed by atoms with van der Waals surface area (Å²) in [5, 5.41) is 2.81. The van der Waals surface area contributed by atoms with Crippen LogP contribution >= 0.6 is 0 Å². The number of likely N-dealkylation sites (N-methyl/N-ethyl adjacent to an activating group) is 2. The summed E-state index contributed by atoms with van der Waals surface area (Å²) >= 11 is 0. The largest absolute Gasteiger partial charge is 0.491 e. The van der Waals surface area contributed by atoms with Gasteiger partial charge in [0.15, 0.2) is 0 Å². The molecule has 5 heteroatoms. The third kappa shape index (κ3) is 5.93. The van der Waals surface area contributed by atoms with Crippen LogP contribution in [0.5, 0.6) is 5.75 Å². The van der Waals surface area contributed by atoms with Gasteiger partial charge in [-0.1, -0.05) is 19.1 Å². The Morgan fingerprint density at radius 1 is 1.35 bits per heavy atom. The number of nitrogens with two attached hydrogens (primary N) is 1. The number of benzene rings is 1. The first kappa shape index (κ1) is 16.3. The number of nitrogens with zero attached hydrogens (tertiary/aromatic N) is 1. The fourth-order valence-corrected chi connectivity index (χ4v) is 1.89. The van der Waals surface area contributed by atoms with Gasteiger partial charge in [0, 0.05) is 13.1 Å². The maximum absolute atomic E-state index is 11.5. The minimum Gasteiger partial charge on any atom is -0.491 e. The molecule has 0 aromatic heterocycles. The van der Waals surface area contributed by atoms with E-state index in [1.54, 1.807) is 0 Å². The van der Waals surface area contributed by atoms with Crippen molar-refractivity contribution in [2.75, 3.05) is 38.5 Å². The van der Waals surface area contributed by atoms with Gasteiger partial charge >= 0.3 is 0 Å². The lowest BCUT2D eigenvalue weighted by Crippen LogP contribution is -2.37. The number of nitrogen functional groups attached to an aromatic ring is 1. The van der Waals surface area contributed by atoms with Crippen molar-refractivity contribution in [2.45, 2.75) is 20.3 Å². The zero-order valence-electron chi connectivity index (χ0n) is 12.4. The van der Waals surface area contributed by atoms with Crippen molar-refractivity contribution < 1.29 is 9.53 Å². The van der Waals surface area contributed by atoms with E-state index < -0.39 is 0 Å². The molecule has 0 radical (unpaired) electrons. The van der Waals surface area contributed by atoms with Gasteiger partial charge in [0.1, 0.15) is 5.75 Å². The first-order valence-corrected chi connectivity index (χ1v) is 7.13. The van der Waals surface area contributed by atoms with E-state index in [0.29, 0.717) is 25.4 Å². The molecule has 1 rings (SSSR count). The van der Waals surface area contributed by atoms with Gasteiger partial charge in [-0.2, -0.15) is 0 Å². The van der Waals surface area contributed by atoms with E-state index in [9.17, 15) is 4.79 Å². The van der Waals surface area contributed by atoms with Crippen molar-refractivity contribution in [3.05, 3.63) is 24.3 Å². The zero-order valence-corrected chi connectivity index (χ0v) is 12.4. The van der Waals surface area contributed by atoms with Gasteiger partial charge in [0.05, 0.1) is 18.8 Å². The predicted octanol–water partition coefficient (Wildman–Crippen LogP) is 1.50. The fraction of sp³-hybridized carbons (Fsp3) is 0.533. The fourth-order valence-electron chi connectivity index (χ4n) is 1.89. The standard InChI is InChI=1S/C15H25N3O2/c1-3-17-15(19)12-18(4-2)10-7-11-20-14-9-6-5-8-13(14)16/h5-6,8-9H,3-4,7,10-12,16H2,1-2H3,(H,17,19). The van der Waals surface area contributed by atoms with Crippen molar-refractivity contribution in [3.8, 4) is 5.75 Å². The summed E-state index contributed by atoms with van der Waals surface area (Å²) in [5.74, 6) is 0.793. The Labute approximate surface area is 121 Å². The lowest BCUT2D eigenvalue weighted by atomic mass is 10.3. The summed E-state index contributed by atoms with van der Waals surface area (Å²) in [4.78, 5) is 13.6. The number of rotatable bonds is 9. The number of hydrogen-bond acceptors (Lipinski definition) is 4. The molecule has 0 spiro atoms. The van der Waals surface area contributed by atoms with Crippen LogP contribution in [-0.2, 0) is 4.79 Å². The number of ether oxygens (including phenoxy) is 1. The highest BCUT2D eigenvalue weighted by Crippen LogP contribution is 2.19. The van der Waals surface area contributed by atoms with Crippen LogP contribution in [0.3, 0.4) is 0 Å². The van der Waals surface area contributed by atoms with Gasteiger partial charge in [0.25, 0.3) is 0 Å². The molecule has 1 amide bonds. The molecule has 0 bridgehead atoms. The van der Waals surface area contributed by atoms with Crippen LogP contribution in [0.1, 0.15) is 20.3 Å². The third-order valence-corrected chi connectivity index (χ3v) is 2.98. The zero-order chi connectivity index (χ0) is 14.8. The second-order valence-electron chi connectivity index (χ2n) is 4.56. The van der Waals surface area contributed by atoms with Crippen molar-refractivity contribution in [1.82, 2.24) is 10.2 Å². The number of hydrogen-bond donors (Lipinski definition) is 2. The Bertz CT molecular complexity index is 410. The van der Waals surface area contributed by atoms with Gasteiger partial charge in [0.2, 0.25) is 5.91 Å². The summed E-state index contributed by atoms with van der Waals surface area (Å²) in [6, 6.07) is 7.47. The molecular weight excluding hydrogens is 254 g/mol. The lowest BCUT2D eigenvalue weighted by molar-refractivity contribution is -0.122. The Hall–Kier alpha value is -1.75. The Morgan fingerprint density at radius 2 is 2.10 bits per heavy atom. The van der Waals surface area contributed by atoms with Crippen LogP contribution in [0.4, 0.5) is 5.69 Å². The second kappa shape index (κ2) is 9.20. The molecule has 0 aliphatic heterocycles. The third-order valence-electron chi connectivity index (χ3n) is 2.98. The van der Waals surface area contributed by atoms with Crippen molar-refractivity contribution >= 4 is 11.6 Å². The summed E-state index contributed by atoms with van der Waals surface area (Å²) in [6.07, 6.45) is 0.863. The molecule has 112 valence electrons. The van der Waals surface area contributed by atoms with E-state index >= 15 is 0 Å². The van der Waals surface area contributed by atoms with Crippen LogP contribution < -0.4 is 15.8 Å². The number of carbonyl (C=O) groups excluding carboxylic acids is 1. The molecular formula is C15H25N3O2. The van der Waals surface area contributed by atoms with E-state index in [-0.39, 0.29) is 5.91 Å². The van der Waals surface area contributed by atoms with Crippen molar-refractivity contribution in [2.24, 2.45) is 0 Å². The van der Waals surface area contributed by atoms with E-state index in [0.717, 1.165) is 25.3 Å². The molecule has 0 atom stereocenters. The molecule has 0 unspecified atom stereocenters. The number of amides is 1.